The van der Waals surface area contributed by atoms with Gasteiger partial charge in [-0.2, -0.15) is 0 Å². The Morgan fingerprint density at radius 3 is 2.73 bits per heavy atom. The van der Waals surface area contributed by atoms with Crippen LogP contribution in [0, 0.1) is 0 Å². The van der Waals surface area contributed by atoms with Gasteiger partial charge >= 0.3 is 6.03 Å². The van der Waals surface area contributed by atoms with Crippen molar-refractivity contribution in [2.75, 3.05) is 12.3 Å². The van der Waals surface area contributed by atoms with Gasteiger partial charge in [-0.15, -0.1) is 0 Å². The summed E-state index contributed by atoms with van der Waals surface area (Å²) in [5, 5.41) is 2.63. The van der Waals surface area contributed by atoms with Crippen molar-refractivity contribution in [3.63, 3.8) is 0 Å². The van der Waals surface area contributed by atoms with Crippen molar-refractivity contribution >= 4 is 23.9 Å². The quantitative estimate of drug-likeness (QED) is 0.732. The number of rotatable bonds is 1. The molecule has 1 aliphatic heterocycles. The molecule has 3 amide bonds. The lowest BCUT2D eigenvalue weighted by atomic mass is 10.2. The first-order valence-corrected chi connectivity index (χ1v) is 5.53. The molecular formula is C10H10N2O2S. The van der Waals surface area contributed by atoms with Crippen LogP contribution in [-0.4, -0.2) is 28.5 Å². The smallest absolute Gasteiger partial charge is 0.334 e. The molecule has 15 heavy (non-hydrogen) atoms. The van der Waals surface area contributed by atoms with E-state index in [9.17, 15) is 9.59 Å². The van der Waals surface area contributed by atoms with Crippen molar-refractivity contribution in [2.45, 2.75) is 0 Å². The van der Waals surface area contributed by atoms with Crippen LogP contribution in [0.15, 0.2) is 30.3 Å². The van der Waals surface area contributed by atoms with Gasteiger partial charge in [0.05, 0.1) is 0 Å². The van der Waals surface area contributed by atoms with Crippen LogP contribution in [0.3, 0.4) is 0 Å². The van der Waals surface area contributed by atoms with Crippen molar-refractivity contribution in [3.8, 4) is 0 Å². The van der Waals surface area contributed by atoms with E-state index in [1.807, 2.05) is 6.07 Å². The minimum absolute atomic E-state index is 0.266. The van der Waals surface area contributed by atoms with Crippen LogP contribution in [0.1, 0.15) is 10.4 Å². The molecule has 78 valence electrons. The minimum atomic E-state index is -0.333. The second kappa shape index (κ2) is 4.35. The number of amides is 3. The zero-order valence-corrected chi connectivity index (χ0v) is 8.79. The van der Waals surface area contributed by atoms with Gasteiger partial charge in [0.2, 0.25) is 0 Å². The Balaban J connectivity index is 2.17. The van der Waals surface area contributed by atoms with Gasteiger partial charge < -0.3 is 5.32 Å². The van der Waals surface area contributed by atoms with Crippen molar-refractivity contribution < 1.29 is 9.59 Å². The Morgan fingerprint density at radius 2 is 2.07 bits per heavy atom. The molecular weight excluding hydrogens is 212 g/mol. The molecule has 0 aliphatic carbocycles. The van der Waals surface area contributed by atoms with Crippen LogP contribution in [0.5, 0.6) is 0 Å². The summed E-state index contributed by atoms with van der Waals surface area (Å²) in [6.45, 7) is 0.613. The van der Waals surface area contributed by atoms with Gasteiger partial charge in [-0.3, -0.25) is 4.79 Å². The summed E-state index contributed by atoms with van der Waals surface area (Å²) < 4.78 is 1.17. The van der Waals surface area contributed by atoms with E-state index < -0.39 is 0 Å². The predicted molar refractivity (Wildman–Crippen MR) is 58.5 cm³/mol. The highest BCUT2D eigenvalue weighted by molar-refractivity contribution is 7.98. The van der Waals surface area contributed by atoms with E-state index in [1.165, 1.54) is 16.3 Å². The first-order chi connectivity index (χ1) is 7.29. The summed E-state index contributed by atoms with van der Waals surface area (Å²) in [6, 6.07) is 8.45. The van der Waals surface area contributed by atoms with E-state index in [1.54, 1.807) is 24.3 Å². The molecule has 1 heterocycles. The Morgan fingerprint density at radius 1 is 1.33 bits per heavy atom. The molecule has 0 unspecified atom stereocenters. The van der Waals surface area contributed by atoms with E-state index in [2.05, 4.69) is 5.32 Å². The highest BCUT2D eigenvalue weighted by atomic mass is 32.2. The molecule has 1 fully saturated rings. The summed E-state index contributed by atoms with van der Waals surface area (Å²) in [4.78, 5) is 23.2. The van der Waals surface area contributed by atoms with Gasteiger partial charge in [0.15, 0.2) is 0 Å². The summed E-state index contributed by atoms with van der Waals surface area (Å²) in [7, 11) is 0. The standard InChI is InChI=1S/C10H10N2O2S/c13-9(8-4-2-1-3-5-8)12-10(14)11-6-7-15-12/h1-5H,6-7H2,(H,11,14). The minimum Gasteiger partial charge on any atom is -0.336 e. The third-order valence-corrected chi connectivity index (χ3v) is 2.96. The van der Waals surface area contributed by atoms with E-state index in [-0.39, 0.29) is 11.9 Å². The monoisotopic (exact) mass is 222 g/mol. The van der Waals surface area contributed by atoms with Crippen LogP contribution in [0.4, 0.5) is 4.79 Å². The number of hydrogen-bond donors (Lipinski definition) is 1. The average molecular weight is 222 g/mol. The zero-order valence-electron chi connectivity index (χ0n) is 7.97. The molecule has 1 saturated heterocycles. The first kappa shape index (κ1) is 10.0. The number of carbonyl (C=O) groups excluding carboxylic acids is 2. The van der Waals surface area contributed by atoms with Crippen molar-refractivity contribution in [2.24, 2.45) is 0 Å². The maximum atomic E-state index is 11.9. The molecule has 1 aliphatic rings. The summed E-state index contributed by atoms with van der Waals surface area (Å²) in [5.74, 6) is 0.461. The van der Waals surface area contributed by atoms with Crippen LogP contribution in [-0.2, 0) is 0 Å². The second-order valence-corrected chi connectivity index (χ2v) is 4.06. The number of benzene rings is 1. The predicted octanol–water partition coefficient (Wildman–Crippen LogP) is 1.50. The lowest BCUT2D eigenvalue weighted by molar-refractivity contribution is 0.0892. The molecule has 2 rings (SSSR count). The maximum Gasteiger partial charge on any atom is 0.334 e. The second-order valence-electron chi connectivity index (χ2n) is 3.03. The molecule has 0 aromatic heterocycles. The van der Waals surface area contributed by atoms with Crippen LogP contribution >= 0.6 is 11.9 Å². The van der Waals surface area contributed by atoms with Crippen molar-refractivity contribution in [1.29, 1.82) is 0 Å². The van der Waals surface area contributed by atoms with Gasteiger partial charge in [0.25, 0.3) is 5.91 Å². The van der Waals surface area contributed by atoms with Crippen LogP contribution in [0.25, 0.3) is 0 Å². The fraction of sp³-hybridized carbons (Fsp3) is 0.200. The number of nitrogens with zero attached hydrogens (tertiary/aromatic N) is 1. The van der Waals surface area contributed by atoms with Gasteiger partial charge in [0.1, 0.15) is 0 Å². The van der Waals surface area contributed by atoms with E-state index >= 15 is 0 Å². The number of urea groups is 1. The third kappa shape index (κ3) is 2.12. The summed E-state index contributed by atoms with van der Waals surface area (Å²) in [6.07, 6.45) is 0. The summed E-state index contributed by atoms with van der Waals surface area (Å²) in [5.41, 5.74) is 0.530. The first-order valence-electron chi connectivity index (χ1n) is 4.59. The van der Waals surface area contributed by atoms with Gasteiger partial charge in [-0.25, -0.2) is 9.10 Å². The maximum absolute atomic E-state index is 11.9. The molecule has 0 atom stereocenters. The van der Waals surface area contributed by atoms with Gasteiger partial charge in [-0.1, -0.05) is 18.2 Å². The largest absolute Gasteiger partial charge is 0.336 e. The number of imide groups is 1. The Kier molecular flexibility index (Phi) is 2.91. The topological polar surface area (TPSA) is 49.4 Å². The highest BCUT2D eigenvalue weighted by Gasteiger charge is 2.26. The molecule has 0 radical (unpaired) electrons. The molecule has 1 N–H and O–H groups in total. The van der Waals surface area contributed by atoms with Gasteiger partial charge in [0, 0.05) is 17.9 Å². The number of nitrogens with one attached hydrogen (secondary N) is 1. The Labute approximate surface area is 91.8 Å². The van der Waals surface area contributed by atoms with Crippen molar-refractivity contribution in [1.82, 2.24) is 9.62 Å². The lowest BCUT2D eigenvalue weighted by Gasteiger charge is -2.24. The normalized spacial score (nSPS) is 16.0. The van der Waals surface area contributed by atoms with Crippen LogP contribution in [0.2, 0.25) is 0 Å². The third-order valence-electron chi connectivity index (χ3n) is 1.99. The molecule has 0 bridgehead atoms. The highest BCUT2D eigenvalue weighted by Crippen LogP contribution is 2.17. The van der Waals surface area contributed by atoms with E-state index in [4.69, 9.17) is 0 Å². The van der Waals surface area contributed by atoms with E-state index in [0.29, 0.717) is 12.1 Å². The number of carbonyl (C=O) groups is 2. The molecule has 5 heteroatoms. The molecule has 1 aromatic carbocycles. The Hall–Kier alpha value is -1.49. The number of hydrogen-bond acceptors (Lipinski definition) is 3. The lowest BCUT2D eigenvalue weighted by Crippen LogP contribution is -2.44. The average Bonchev–Trinajstić information content (AvgIpc) is 2.30. The zero-order chi connectivity index (χ0) is 10.7. The fourth-order valence-corrected chi connectivity index (χ4v) is 2.05. The molecule has 1 aromatic rings. The summed E-state index contributed by atoms with van der Waals surface area (Å²) >= 11 is 1.25. The molecule has 4 nitrogen and oxygen atoms in total. The Bertz CT molecular complexity index is 380. The van der Waals surface area contributed by atoms with Crippen molar-refractivity contribution in [3.05, 3.63) is 35.9 Å². The van der Waals surface area contributed by atoms with Crippen LogP contribution < -0.4 is 5.32 Å². The molecule has 0 spiro atoms. The fourth-order valence-electron chi connectivity index (χ4n) is 1.27. The van der Waals surface area contributed by atoms with Gasteiger partial charge in [-0.05, 0) is 24.1 Å². The van der Waals surface area contributed by atoms with E-state index in [0.717, 1.165) is 5.75 Å². The SMILES string of the molecule is O=C1NCCSN1C(=O)c1ccccc1. The molecule has 0 saturated carbocycles.